The maximum absolute atomic E-state index is 10.8. The molecule has 9 nitrogen and oxygen atoms in total. The van der Waals surface area contributed by atoms with E-state index in [4.69, 9.17) is 20.9 Å². The predicted molar refractivity (Wildman–Crippen MR) is 90.6 cm³/mol. The molecule has 134 valence electrons. The zero-order chi connectivity index (χ0) is 17.8. The highest BCUT2D eigenvalue weighted by Gasteiger charge is 2.22. The summed E-state index contributed by atoms with van der Waals surface area (Å²) in [7, 11) is 1.58. The van der Waals surface area contributed by atoms with Crippen LogP contribution in [-0.4, -0.2) is 53.3 Å². The van der Waals surface area contributed by atoms with Gasteiger partial charge in [0.05, 0.1) is 22.2 Å². The molecule has 0 saturated carbocycles. The number of hydrogen-bond acceptors (Lipinski definition) is 8. The Hall–Kier alpha value is -2.23. The Morgan fingerprint density at radius 2 is 2.12 bits per heavy atom. The molecule has 0 radical (unpaired) electrons. The smallest absolute Gasteiger partial charge is 0.271 e. The molecule has 25 heavy (non-hydrogen) atoms. The van der Waals surface area contributed by atoms with Gasteiger partial charge in [0.15, 0.2) is 5.82 Å². The molecule has 1 aromatic heterocycles. The van der Waals surface area contributed by atoms with Crippen LogP contribution in [-0.2, 0) is 17.9 Å². The van der Waals surface area contributed by atoms with Gasteiger partial charge in [0.2, 0.25) is 5.89 Å². The summed E-state index contributed by atoms with van der Waals surface area (Å²) in [4.78, 5) is 18.9. The molecule has 3 rings (SSSR count). The third kappa shape index (κ3) is 4.25. The van der Waals surface area contributed by atoms with Crippen LogP contribution in [0.2, 0.25) is 5.02 Å². The van der Waals surface area contributed by atoms with E-state index in [9.17, 15) is 10.1 Å². The van der Waals surface area contributed by atoms with Gasteiger partial charge in [0, 0.05) is 45.4 Å². The summed E-state index contributed by atoms with van der Waals surface area (Å²) >= 11 is 6.20. The highest BCUT2D eigenvalue weighted by molar-refractivity contribution is 6.33. The SMILES string of the molecule is COCc1noc(CN2CCN(c3ccc([N+](=O)[O-])cc3Cl)CC2)n1. The number of non-ortho nitro benzene ring substituents is 1. The molecule has 1 aliphatic heterocycles. The monoisotopic (exact) mass is 367 g/mol. The third-order valence-electron chi connectivity index (χ3n) is 4.00. The number of rotatable bonds is 6. The number of halogens is 1. The van der Waals surface area contributed by atoms with Crippen LogP contribution in [0.25, 0.3) is 0 Å². The molecule has 0 N–H and O–H groups in total. The second-order valence-electron chi connectivity index (χ2n) is 5.69. The molecule has 0 amide bonds. The van der Waals surface area contributed by atoms with Crippen molar-refractivity contribution in [3.8, 4) is 0 Å². The number of aromatic nitrogens is 2. The van der Waals surface area contributed by atoms with Crippen LogP contribution in [0.4, 0.5) is 11.4 Å². The number of hydrogen-bond donors (Lipinski definition) is 0. The molecular formula is C15H18ClN5O4. The third-order valence-corrected chi connectivity index (χ3v) is 4.30. The van der Waals surface area contributed by atoms with Crippen molar-refractivity contribution in [2.75, 3.05) is 38.2 Å². The maximum Gasteiger partial charge on any atom is 0.271 e. The van der Waals surface area contributed by atoms with E-state index in [0.717, 1.165) is 31.9 Å². The van der Waals surface area contributed by atoms with E-state index in [-0.39, 0.29) is 5.69 Å². The quantitative estimate of drug-likeness (QED) is 0.565. The van der Waals surface area contributed by atoms with Crippen molar-refractivity contribution in [2.45, 2.75) is 13.2 Å². The van der Waals surface area contributed by atoms with Crippen LogP contribution in [0, 0.1) is 10.1 Å². The predicted octanol–water partition coefficient (Wildman–Crippen LogP) is 2.10. The van der Waals surface area contributed by atoms with Crippen molar-refractivity contribution in [1.82, 2.24) is 15.0 Å². The van der Waals surface area contributed by atoms with E-state index < -0.39 is 4.92 Å². The minimum absolute atomic E-state index is 0.00403. The van der Waals surface area contributed by atoms with Crippen molar-refractivity contribution >= 4 is 23.0 Å². The van der Waals surface area contributed by atoms with Gasteiger partial charge in [0.25, 0.3) is 5.69 Å². The van der Waals surface area contributed by atoms with E-state index in [0.29, 0.717) is 29.9 Å². The Morgan fingerprint density at radius 1 is 1.36 bits per heavy atom. The Bertz CT molecular complexity index is 745. The first kappa shape index (κ1) is 17.6. The van der Waals surface area contributed by atoms with Gasteiger partial charge in [-0.15, -0.1) is 0 Å². The average molecular weight is 368 g/mol. The van der Waals surface area contributed by atoms with Gasteiger partial charge in [0.1, 0.15) is 6.61 Å². The molecule has 2 heterocycles. The number of ether oxygens (including phenoxy) is 1. The van der Waals surface area contributed by atoms with Crippen LogP contribution < -0.4 is 4.90 Å². The fourth-order valence-electron chi connectivity index (χ4n) is 2.75. The van der Waals surface area contributed by atoms with E-state index in [2.05, 4.69) is 19.9 Å². The van der Waals surface area contributed by atoms with Crippen LogP contribution >= 0.6 is 11.6 Å². The lowest BCUT2D eigenvalue weighted by molar-refractivity contribution is -0.384. The number of piperazine rings is 1. The average Bonchev–Trinajstić information content (AvgIpc) is 3.03. The second kappa shape index (κ2) is 7.77. The topological polar surface area (TPSA) is 97.8 Å². The van der Waals surface area contributed by atoms with Crippen molar-refractivity contribution in [3.05, 3.63) is 45.1 Å². The van der Waals surface area contributed by atoms with Crippen molar-refractivity contribution < 1.29 is 14.2 Å². The number of nitro groups is 1. The normalized spacial score (nSPS) is 15.5. The number of nitro benzene ring substituents is 1. The van der Waals surface area contributed by atoms with Gasteiger partial charge in [-0.1, -0.05) is 16.8 Å². The van der Waals surface area contributed by atoms with Gasteiger partial charge in [-0.25, -0.2) is 0 Å². The lowest BCUT2D eigenvalue weighted by atomic mass is 10.2. The first-order chi connectivity index (χ1) is 12.1. The first-order valence-electron chi connectivity index (χ1n) is 7.78. The van der Waals surface area contributed by atoms with Crippen molar-refractivity contribution in [2.24, 2.45) is 0 Å². The Kier molecular flexibility index (Phi) is 5.47. The van der Waals surface area contributed by atoms with Crippen molar-refractivity contribution in [1.29, 1.82) is 0 Å². The molecule has 0 spiro atoms. The number of anilines is 1. The summed E-state index contributed by atoms with van der Waals surface area (Å²) in [6.07, 6.45) is 0. The summed E-state index contributed by atoms with van der Waals surface area (Å²) < 4.78 is 10.2. The molecule has 1 saturated heterocycles. The van der Waals surface area contributed by atoms with Crippen LogP contribution in [0.3, 0.4) is 0 Å². The number of nitrogens with zero attached hydrogens (tertiary/aromatic N) is 5. The van der Waals surface area contributed by atoms with Crippen LogP contribution in [0.1, 0.15) is 11.7 Å². The van der Waals surface area contributed by atoms with Crippen LogP contribution in [0.5, 0.6) is 0 Å². The zero-order valence-corrected chi connectivity index (χ0v) is 14.5. The lowest BCUT2D eigenvalue weighted by Gasteiger charge is -2.35. The van der Waals surface area contributed by atoms with Gasteiger partial charge in [-0.2, -0.15) is 4.98 Å². The standard InChI is InChI=1S/C15H18ClN5O4/c1-24-10-14-17-15(25-18-14)9-19-4-6-20(7-5-19)13-3-2-11(21(22)23)8-12(13)16/h2-3,8H,4-7,9-10H2,1H3. The van der Waals surface area contributed by atoms with Crippen molar-refractivity contribution in [3.63, 3.8) is 0 Å². The molecule has 1 aromatic carbocycles. The molecule has 0 aliphatic carbocycles. The second-order valence-corrected chi connectivity index (χ2v) is 6.10. The van der Waals surface area contributed by atoms with Gasteiger partial charge in [-0.3, -0.25) is 15.0 Å². The summed E-state index contributed by atoms with van der Waals surface area (Å²) in [6, 6.07) is 4.56. The molecule has 0 bridgehead atoms. The number of benzene rings is 1. The molecule has 1 aliphatic rings. The Balaban J connectivity index is 1.57. The summed E-state index contributed by atoms with van der Waals surface area (Å²) in [5.74, 6) is 1.10. The zero-order valence-electron chi connectivity index (χ0n) is 13.7. The minimum atomic E-state index is -0.449. The number of methoxy groups -OCH3 is 1. The molecule has 2 aromatic rings. The Labute approximate surface area is 149 Å². The molecule has 0 unspecified atom stereocenters. The highest BCUT2D eigenvalue weighted by atomic mass is 35.5. The molecule has 10 heteroatoms. The Morgan fingerprint density at radius 3 is 2.76 bits per heavy atom. The van der Waals surface area contributed by atoms with Gasteiger partial charge < -0.3 is 14.2 Å². The summed E-state index contributed by atoms with van der Waals surface area (Å²) in [6.45, 7) is 4.03. The molecule has 0 atom stereocenters. The summed E-state index contributed by atoms with van der Waals surface area (Å²) in [5.41, 5.74) is 0.808. The van der Waals surface area contributed by atoms with E-state index in [1.165, 1.54) is 12.1 Å². The highest BCUT2D eigenvalue weighted by Crippen LogP contribution is 2.30. The van der Waals surface area contributed by atoms with Crippen LogP contribution in [0.15, 0.2) is 22.7 Å². The molecule has 1 fully saturated rings. The lowest BCUT2D eigenvalue weighted by Crippen LogP contribution is -2.46. The van der Waals surface area contributed by atoms with E-state index in [1.54, 1.807) is 13.2 Å². The summed E-state index contributed by atoms with van der Waals surface area (Å²) in [5, 5.41) is 15.0. The van der Waals surface area contributed by atoms with E-state index >= 15 is 0 Å². The fourth-order valence-corrected chi connectivity index (χ4v) is 3.04. The largest absolute Gasteiger partial charge is 0.377 e. The first-order valence-corrected chi connectivity index (χ1v) is 8.16. The maximum atomic E-state index is 10.8. The van der Waals surface area contributed by atoms with E-state index in [1.807, 2.05) is 0 Å². The fraction of sp³-hybridized carbons (Fsp3) is 0.467. The molecular weight excluding hydrogens is 350 g/mol. The van der Waals surface area contributed by atoms with Gasteiger partial charge in [-0.05, 0) is 6.07 Å². The van der Waals surface area contributed by atoms with Gasteiger partial charge >= 0.3 is 0 Å². The minimum Gasteiger partial charge on any atom is -0.377 e.